The second-order valence-corrected chi connectivity index (χ2v) is 12.4. The topological polar surface area (TPSA) is 102 Å². The summed E-state index contributed by atoms with van der Waals surface area (Å²) in [5, 5.41) is 16.8. The van der Waals surface area contributed by atoms with E-state index in [1.807, 2.05) is 0 Å². The maximum atomic E-state index is 13.0. The Labute approximate surface area is 205 Å². The van der Waals surface area contributed by atoms with Crippen molar-refractivity contribution in [2.24, 2.45) is 0 Å². The number of nitrogens with zero attached hydrogens (tertiary/aromatic N) is 2. The van der Waals surface area contributed by atoms with Crippen molar-refractivity contribution in [2.75, 3.05) is 18.4 Å². The molecule has 2 aromatic rings. The third-order valence-corrected chi connectivity index (χ3v) is 8.92. The lowest BCUT2D eigenvalue weighted by Gasteiger charge is -2.42. The summed E-state index contributed by atoms with van der Waals surface area (Å²) in [6.45, 7) is 15.8. The van der Waals surface area contributed by atoms with Crippen molar-refractivity contribution in [3.05, 3.63) is 71.1 Å². The summed E-state index contributed by atoms with van der Waals surface area (Å²) >= 11 is 1.40. The first kappa shape index (κ1) is 25.8. The van der Waals surface area contributed by atoms with Gasteiger partial charge in [0.1, 0.15) is 11.1 Å². The molecule has 0 saturated heterocycles. The number of nitrogens with one attached hydrogen (secondary N) is 2. The summed E-state index contributed by atoms with van der Waals surface area (Å²) < 4.78 is 27.0. The number of thiophene rings is 1. The van der Waals surface area contributed by atoms with Gasteiger partial charge in [0.25, 0.3) is 5.91 Å². The van der Waals surface area contributed by atoms with Crippen molar-refractivity contribution in [1.29, 1.82) is 5.26 Å². The predicted octanol–water partition coefficient (Wildman–Crippen LogP) is 4.39. The molecule has 0 fully saturated rings. The Hall–Kier alpha value is -2.77. The van der Waals surface area contributed by atoms with Crippen molar-refractivity contribution in [3.8, 4) is 6.07 Å². The lowest BCUT2D eigenvalue weighted by atomic mass is 9.81. The number of anilines is 1. The van der Waals surface area contributed by atoms with Crippen LogP contribution in [0.5, 0.6) is 0 Å². The predicted molar refractivity (Wildman–Crippen MR) is 137 cm³/mol. The van der Waals surface area contributed by atoms with E-state index in [0.29, 0.717) is 22.5 Å². The van der Waals surface area contributed by atoms with E-state index in [-0.39, 0.29) is 29.1 Å². The number of nitriles is 1. The van der Waals surface area contributed by atoms with E-state index >= 15 is 0 Å². The molecule has 1 aromatic heterocycles. The minimum atomic E-state index is -3.75. The van der Waals surface area contributed by atoms with E-state index in [1.54, 1.807) is 0 Å². The van der Waals surface area contributed by atoms with E-state index in [9.17, 15) is 18.5 Å². The van der Waals surface area contributed by atoms with E-state index < -0.39 is 15.9 Å². The Morgan fingerprint density at radius 2 is 1.79 bits per heavy atom. The molecular formula is C25H30N4O3S2. The van der Waals surface area contributed by atoms with Crippen LogP contribution >= 0.6 is 11.3 Å². The number of carbonyl (C=O) groups is 1. The van der Waals surface area contributed by atoms with Gasteiger partial charge in [0.2, 0.25) is 10.0 Å². The van der Waals surface area contributed by atoms with E-state index in [0.717, 1.165) is 10.4 Å². The van der Waals surface area contributed by atoms with Crippen LogP contribution in [0.3, 0.4) is 0 Å². The molecule has 9 heteroatoms. The first-order valence-electron chi connectivity index (χ1n) is 10.8. The molecule has 1 aliphatic rings. The van der Waals surface area contributed by atoms with E-state index in [2.05, 4.69) is 57.6 Å². The van der Waals surface area contributed by atoms with Gasteiger partial charge >= 0.3 is 0 Å². The molecule has 0 aliphatic carbocycles. The molecule has 1 aliphatic heterocycles. The molecule has 0 spiro atoms. The van der Waals surface area contributed by atoms with Gasteiger partial charge in [-0.3, -0.25) is 4.79 Å². The standard InChI is InChI=1S/C25H30N4O3S2/c1-7-13-29(14-8-2)34(31,32)18-11-9-17(10-12-18)22(30)27-23-20(16-26)19-15-24(3,4)28-25(5,6)21(19)33-23/h7-12,28H,1-2,13-15H2,3-6H3,(H,27,30). The normalized spacial score (nSPS) is 16.4. The first-order chi connectivity index (χ1) is 15.9. The molecule has 0 radical (unpaired) electrons. The van der Waals surface area contributed by atoms with Crippen molar-refractivity contribution in [3.63, 3.8) is 0 Å². The molecule has 0 unspecified atom stereocenters. The summed E-state index contributed by atoms with van der Waals surface area (Å²) in [4.78, 5) is 14.1. The minimum absolute atomic E-state index is 0.0760. The van der Waals surface area contributed by atoms with Crippen LogP contribution in [0.4, 0.5) is 5.00 Å². The maximum Gasteiger partial charge on any atom is 0.256 e. The quantitative estimate of drug-likeness (QED) is 0.526. The van der Waals surface area contributed by atoms with Gasteiger partial charge in [0, 0.05) is 34.6 Å². The average molecular weight is 499 g/mol. The Bertz CT molecular complexity index is 1260. The monoisotopic (exact) mass is 498 g/mol. The zero-order chi connectivity index (χ0) is 25.3. The third kappa shape index (κ3) is 5.00. The lowest BCUT2D eigenvalue weighted by molar-refractivity contribution is 0.102. The Morgan fingerprint density at radius 3 is 2.32 bits per heavy atom. The highest BCUT2D eigenvalue weighted by atomic mass is 32.2. The number of carbonyl (C=O) groups excluding carboxylic acids is 1. The fraction of sp³-hybridized carbons (Fsp3) is 0.360. The SMILES string of the molecule is C=CCN(CC=C)S(=O)(=O)c1ccc(C(=O)Nc2sc3c(c2C#N)CC(C)(C)NC3(C)C)cc1. The van der Waals surface area contributed by atoms with Gasteiger partial charge in [-0.25, -0.2) is 8.42 Å². The minimum Gasteiger partial charge on any atom is -0.312 e. The van der Waals surface area contributed by atoms with Gasteiger partial charge < -0.3 is 10.6 Å². The summed E-state index contributed by atoms with van der Waals surface area (Å²) in [7, 11) is -3.75. The molecule has 1 amide bonds. The Kier molecular flexibility index (Phi) is 7.20. The van der Waals surface area contributed by atoms with Crippen LogP contribution in [0.25, 0.3) is 0 Å². The van der Waals surface area contributed by atoms with Gasteiger partial charge in [-0.05, 0) is 63.9 Å². The van der Waals surface area contributed by atoms with Gasteiger partial charge in [-0.1, -0.05) is 12.2 Å². The summed E-state index contributed by atoms with van der Waals surface area (Å²) in [5.74, 6) is -0.405. The number of hydrogen-bond acceptors (Lipinski definition) is 6. The molecule has 3 rings (SSSR count). The van der Waals surface area contributed by atoms with Crippen molar-refractivity contribution < 1.29 is 13.2 Å². The number of benzene rings is 1. The Morgan fingerprint density at radius 1 is 1.21 bits per heavy atom. The van der Waals surface area contributed by atoms with Gasteiger partial charge in [0.15, 0.2) is 0 Å². The molecule has 34 heavy (non-hydrogen) atoms. The number of rotatable bonds is 8. The van der Waals surface area contributed by atoms with Gasteiger partial charge in [0.05, 0.1) is 10.5 Å². The lowest BCUT2D eigenvalue weighted by Crippen LogP contribution is -2.54. The van der Waals surface area contributed by atoms with Crippen molar-refractivity contribution in [1.82, 2.24) is 9.62 Å². The fourth-order valence-corrected chi connectivity index (χ4v) is 7.00. The molecule has 0 atom stereocenters. The maximum absolute atomic E-state index is 13.0. The molecule has 2 heterocycles. The summed E-state index contributed by atoms with van der Waals surface area (Å²) in [6, 6.07) is 8.02. The molecular weight excluding hydrogens is 468 g/mol. The second-order valence-electron chi connectivity index (χ2n) is 9.41. The molecule has 1 aromatic carbocycles. The van der Waals surface area contributed by atoms with Crippen LogP contribution in [0, 0.1) is 11.3 Å². The second kappa shape index (κ2) is 9.47. The molecule has 7 nitrogen and oxygen atoms in total. The summed E-state index contributed by atoms with van der Waals surface area (Å²) in [5.41, 5.74) is 1.22. The number of fused-ring (bicyclic) bond motifs is 1. The van der Waals surface area contributed by atoms with Crippen molar-refractivity contribution in [2.45, 2.75) is 50.1 Å². The van der Waals surface area contributed by atoms with Crippen LogP contribution in [0.2, 0.25) is 0 Å². The number of hydrogen-bond donors (Lipinski definition) is 2. The van der Waals surface area contributed by atoms with Gasteiger partial charge in [-0.2, -0.15) is 9.57 Å². The van der Waals surface area contributed by atoms with Crippen LogP contribution < -0.4 is 10.6 Å². The van der Waals surface area contributed by atoms with Crippen LogP contribution in [-0.2, 0) is 22.0 Å². The zero-order valence-electron chi connectivity index (χ0n) is 19.9. The highest BCUT2D eigenvalue weighted by Gasteiger charge is 2.40. The number of amides is 1. The van der Waals surface area contributed by atoms with E-state index in [1.165, 1.54) is 52.1 Å². The molecule has 0 bridgehead atoms. The fourth-order valence-electron chi connectivity index (χ4n) is 4.40. The molecule has 0 saturated carbocycles. The first-order valence-corrected chi connectivity index (χ1v) is 13.1. The third-order valence-electron chi connectivity index (χ3n) is 5.60. The number of sulfonamides is 1. The van der Waals surface area contributed by atoms with E-state index in [4.69, 9.17) is 0 Å². The average Bonchev–Trinajstić information content (AvgIpc) is 3.09. The molecule has 180 valence electrons. The van der Waals surface area contributed by atoms with Gasteiger partial charge in [-0.15, -0.1) is 24.5 Å². The smallest absolute Gasteiger partial charge is 0.256 e. The highest BCUT2D eigenvalue weighted by molar-refractivity contribution is 7.89. The van der Waals surface area contributed by atoms with Crippen LogP contribution in [0.15, 0.2) is 54.5 Å². The summed E-state index contributed by atoms with van der Waals surface area (Å²) in [6.07, 6.45) is 3.70. The largest absolute Gasteiger partial charge is 0.312 e. The Balaban J connectivity index is 1.88. The van der Waals surface area contributed by atoms with Crippen LogP contribution in [0.1, 0.15) is 54.1 Å². The molecule has 2 N–H and O–H groups in total. The van der Waals surface area contributed by atoms with Crippen molar-refractivity contribution >= 4 is 32.3 Å². The van der Waals surface area contributed by atoms with Crippen LogP contribution in [-0.4, -0.2) is 37.3 Å². The zero-order valence-corrected chi connectivity index (χ0v) is 21.6. The highest BCUT2D eigenvalue weighted by Crippen LogP contribution is 2.44.